The Morgan fingerprint density at radius 3 is 2.69 bits per heavy atom. The molecule has 2 aromatic rings. The van der Waals surface area contributed by atoms with Crippen LogP contribution < -0.4 is 11.1 Å². The van der Waals surface area contributed by atoms with Gasteiger partial charge in [0.1, 0.15) is 0 Å². The first-order chi connectivity index (χ1) is 12.5. The average molecular weight is 392 g/mol. The van der Waals surface area contributed by atoms with Crippen LogP contribution in [0, 0.1) is 11.3 Å². The van der Waals surface area contributed by atoms with Crippen molar-refractivity contribution in [1.29, 1.82) is 5.26 Å². The Hall–Kier alpha value is -2.20. The number of benzene rings is 1. The van der Waals surface area contributed by atoms with Crippen molar-refractivity contribution in [2.75, 3.05) is 6.54 Å². The molecule has 6 nitrogen and oxygen atoms in total. The number of nitriles is 1. The molecule has 0 spiro atoms. The maximum Gasteiger partial charge on any atom is 0.251 e. The van der Waals surface area contributed by atoms with Crippen molar-refractivity contribution in [2.24, 2.45) is 5.73 Å². The van der Waals surface area contributed by atoms with Gasteiger partial charge >= 0.3 is 0 Å². The van der Waals surface area contributed by atoms with Crippen LogP contribution in [0.3, 0.4) is 0 Å². The molecule has 0 aliphatic carbocycles. The molecule has 1 unspecified atom stereocenters. The lowest BCUT2D eigenvalue weighted by atomic mass is 10.1. The predicted molar refractivity (Wildman–Crippen MR) is 101 cm³/mol. The number of halogens is 2. The van der Waals surface area contributed by atoms with E-state index in [2.05, 4.69) is 15.3 Å². The number of hydrogen-bond acceptors (Lipinski definition) is 5. The number of rotatable bonds is 8. The Balaban J connectivity index is 1.68. The summed E-state index contributed by atoms with van der Waals surface area (Å²) >= 11 is 11.8. The second kappa shape index (κ2) is 10.1. The van der Waals surface area contributed by atoms with Crippen molar-refractivity contribution in [1.82, 2.24) is 15.3 Å². The molecule has 26 heavy (non-hydrogen) atoms. The molecule has 3 N–H and O–H groups in total. The van der Waals surface area contributed by atoms with Crippen LogP contribution in [-0.4, -0.2) is 28.5 Å². The highest BCUT2D eigenvalue weighted by Gasteiger charge is 2.09. The van der Waals surface area contributed by atoms with Crippen molar-refractivity contribution >= 4 is 29.1 Å². The number of nitrogens with two attached hydrogens (primary N) is 1. The summed E-state index contributed by atoms with van der Waals surface area (Å²) in [5.74, 6) is -0.162. The molecule has 136 valence electrons. The van der Waals surface area contributed by atoms with Gasteiger partial charge in [-0.1, -0.05) is 11.6 Å². The largest absolute Gasteiger partial charge is 0.352 e. The van der Waals surface area contributed by atoms with E-state index in [1.807, 2.05) is 6.07 Å². The summed E-state index contributed by atoms with van der Waals surface area (Å²) in [7, 11) is 0. The molecule has 1 heterocycles. The molecule has 2 rings (SSSR count). The summed E-state index contributed by atoms with van der Waals surface area (Å²) in [6.45, 7) is 0.534. The number of aromatic nitrogens is 2. The standard InChI is InChI=1S/C18H19Cl2N5O/c19-15-11-24-18(20)25-16(15)8-7-14(22)2-1-9-23-17(26)13-5-3-12(10-21)4-6-13/h3-6,11,14H,1-2,7-9,22H2,(H,23,26). The van der Waals surface area contributed by atoms with Crippen molar-refractivity contribution in [3.05, 3.63) is 57.6 Å². The molecule has 1 aromatic heterocycles. The molecule has 1 amide bonds. The van der Waals surface area contributed by atoms with Gasteiger partial charge in [-0.15, -0.1) is 0 Å². The lowest BCUT2D eigenvalue weighted by Gasteiger charge is -2.12. The van der Waals surface area contributed by atoms with Crippen LogP contribution >= 0.6 is 23.2 Å². The lowest BCUT2D eigenvalue weighted by molar-refractivity contribution is 0.0952. The second-order valence-electron chi connectivity index (χ2n) is 5.82. The topological polar surface area (TPSA) is 105 Å². The Morgan fingerprint density at radius 2 is 2.00 bits per heavy atom. The third kappa shape index (κ3) is 6.26. The normalized spacial score (nSPS) is 11.6. The van der Waals surface area contributed by atoms with Gasteiger partial charge in [0.2, 0.25) is 5.28 Å². The van der Waals surface area contributed by atoms with Gasteiger partial charge in [-0.25, -0.2) is 9.97 Å². The molecule has 0 saturated heterocycles. The van der Waals surface area contributed by atoms with Gasteiger partial charge < -0.3 is 11.1 Å². The minimum Gasteiger partial charge on any atom is -0.352 e. The van der Waals surface area contributed by atoms with Gasteiger partial charge in [0.15, 0.2) is 0 Å². The fourth-order valence-electron chi connectivity index (χ4n) is 2.38. The van der Waals surface area contributed by atoms with E-state index in [-0.39, 0.29) is 17.2 Å². The smallest absolute Gasteiger partial charge is 0.251 e. The fraction of sp³-hybridized carbons (Fsp3) is 0.333. The number of nitrogens with zero attached hydrogens (tertiary/aromatic N) is 3. The number of aryl methyl sites for hydroxylation is 1. The summed E-state index contributed by atoms with van der Waals surface area (Å²) in [5, 5.41) is 12.3. The summed E-state index contributed by atoms with van der Waals surface area (Å²) in [6, 6.07) is 8.51. The minimum absolute atomic E-state index is 0.0216. The fourth-order valence-corrected chi connectivity index (χ4v) is 2.72. The summed E-state index contributed by atoms with van der Waals surface area (Å²) in [4.78, 5) is 19.9. The van der Waals surface area contributed by atoms with Crippen LogP contribution in [0.4, 0.5) is 0 Å². The van der Waals surface area contributed by atoms with Crippen LogP contribution in [0.1, 0.15) is 40.9 Å². The number of carbonyl (C=O) groups excluding carboxylic acids is 1. The van der Waals surface area contributed by atoms with Gasteiger partial charge in [-0.05, 0) is 61.5 Å². The van der Waals surface area contributed by atoms with Crippen molar-refractivity contribution in [3.63, 3.8) is 0 Å². The Kier molecular flexibility index (Phi) is 7.79. The maximum atomic E-state index is 12.0. The first-order valence-corrected chi connectivity index (χ1v) is 8.96. The van der Waals surface area contributed by atoms with Gasteiger partial charge in [-0.2, -0.15) is 5.26 Å². The van der Waals surface area contributed by atoms with E-state index >= 15 is 0 Å². The molecule has 0 aliphatic rings. The van der Waals surface area contributed by atoms with Gasteiger partial charge in [0, 0.05) is 18.2 Å². The molecule has 8 heteroatoms. The van der Waals surface area contributed by atoms with E-state index in [9.17, 15) is 4.79 Å². The Bertz CT molecular complexity index is 789. The molecule has 1 atom stereocenters. The third-order valence-electron chi connectivity index (χ3n) is 3.85. The monoisotopic (exact) mass is 391 g/mol. The van der Waals surface area contributed by atoms with E-state index in [0.717, 1.165) is 19.3 Å². The molecule has 0 radical (unpaired) electrons. The predicted octanol–water partition coefficient (Wildman–Crippen LogP) is 3.13. The van der Waals surface area contributed by atoms with E-state index in [1.165, 1.54) is 6.20 Å². The van der Waals surface area contributed by atoms with Crippen LogP contribution in [0.5, 0.6) is 0 Å². The second-order valence-corrected chi connectivity index (χ2v) is 6.56. The minimum atomic E-state index is -0.162. The van der Waals surface area contributed by atoms with E-state index < -0.39 is 0 Å². The Morgan fingerprint density at radius 1 is 1.27 bits per heavy atom. The first-order valence-electron chi connectivity index (χ1n) is 8.20. The number of hydrogen-bond donors (Lipinski definition) is 2. The average Bonchev–Trinajstić information content (AvgIpc) is 2.65. The van der Waals surface area contributed by atoms with Crippen LogP contribution in [0.2, 0.25) is 10.3 Å². The van der Waals surface area contributed by atoms with Gasteiger partial charge in [-0.3, -0.25) is 4.79 Å². The molecule has 0 bridgehead atoms. The van der Waals surface area contributed by atoms with E-state index in [4.69, 9.17) is 34.2 Å². The van der Waals surface area contributed by atoms with Crippen LogP contribution in [0.25, 0.3) is 0 Å². The zero-order chi connectivity index (χ0) is 18.9. The zero-order valence-corrected chi connectivity index (χ0v) is 15.6. The third-order valence-corrected chi connectivity index (χ3v) is 4.35. The van der Waals surface area contributed by atoms with E-state index in [0.29, 0.717) is 34.8 Å². The van der Waals surface area contributed by atoms with Gasteiger partial charge in [0.25, 0.3) is 5.91 Å². The SMILES string of the molecule is N#Cc1ccc(C(=O)NCCCC(N)CCc2nc(Cl)ncc2Cl)cc1. The molecule has 1 aromatic carbocycles. The van der Waals surface area contributed by atoms with Crippen LogP contribution in [0.15, 0.2) is 30.5 Å². The number of carbonyl (C=O) groups is 1. The molecule has 0 fully saturated rings. The first kappa shape index (κ1) is 20.1. The molecule has 0 saturated carbocycles. The quantitative estimate of drug-likeness (QED) is 0.531. The Labute approximate surface area is 162 Å². The van der Waals surface area contributed by atoms with Crippen molar-refractivity contribution in [2.45, 2.75) is 31.7 Å². The summed E-state index contributed by atoms with van der Waals surface area (Å²) in [6.07, 6.45) is 4.36. The zero-order valence-electron chi connectivity index (χ0n) is 14.1. The highest BCUT2D eigenvalue weighted by molar-refractivity contribution is 6.31. The van der Waals surface area contributed by atoms with Crippen molar-refractivity contribution in [3.8, 4) is 6.07 Å². The molecule has 0 aliphatic heterocycles. The summed E-state index contributed by atoms with van der Waals surface area (Å²) in [5.41, 5.74) is 7.85. The maximum absolute atomic E-state index is 12.0. The molecular weight excluding hydrogens is 373 g/mol. The highest BCUT2D eigenvalue weighted by atomic mass is 35.5. The number of amides is 1. The van der Waals surface area contributed by atoms with Gasteiger partial charge in [0.05, 0.1) is 28.5 Å². The molecular formula is C18H19Cl2N5O. The summed E-state index contributed by atoms with van der Waals surface area (Å²) < 4.78 is 0. The van der Waals surface area contributed by atoms with E-state index in [1.54, 1.807) is 24.3 Å². The van der Waals surface area contributed by atoms with Crippen LogP contribution in [-0.2, 0) is 6.42 Å². The lowest BCUT2D eigenvalue weighted by Crippen LogP contribution is -2.27. The van der Waals surface area contributed by atoms with Crippen molar-refractivity contribution < 1.29 is 4.79 Å². The number of nitrogens with one attached hydrogen (secondary N) is 1. The highest BCUT2D eigenvalue weighted by Crippen LogP contribution is 2.17.